The molecule has 166 valence electrons. The smallest absolute Gasteiger partial charge is 0.305 e. The zero-order chi connectivity index (χ0) is 21.7. The molecule has 0 bridgehead atoms. The molecular formula is C23H38O6. The van der Waals surface area contributed by atoms with E-state index >= 15 is 0 Å². The Morgan fingerprint density at radius 2 is 1.52 bits per heavy atom. The first-order valence-electron chi connectivity index (χ1n) is 10.8. The van der Waals surface area contributed by atoms with E-state index in [1.54, 1.807) is 6.08 Å². The van der Waals surface area contributed by atoms with Gasteiger partial charge in [0.15, 0.2) is 5.78 Å². The summed E-state index contributed by atoms with van der Waals surface area (Å²) < 4.78 is 9.55. The maximum Gasteiger partial charge on any atom is 0.305 e. The van der Waals surface area contributed by atoms with E-state index in [0.29, 0.717) is 12.8 Å². The maximum atomic E-state index is 11.7. The standard InChI is InChI=1S/C23H38O6/c1-3-4-5-6-7-9-12-15-21(25)16-13-10-8-11-14-17-23(27)29-19-22(26)18-28-20(2)24/h7,9,12,15,22,26H,3-6,8,10-11,13-14,16-19H2,1-2H3/b9-7-,15-12+/t22-/m1/s1. The van der Waals surface area contributed by atoms with Crippen molar-refractivity contribution in [2.75, 3.05) is 13.2 Å². The minimum absolute atomic E-state index is 0.152. The molecule has 0 aromatic carbocycles. The predicted octanol–water partition coefficient (Wildman–Crippen LogP) is 4.45. The quantitative estimate of drug-likeness (QED) is 0.155. The average Bonchev–Trinajstić information content (AvgIpc) is 2.69. The number of aliphatic hydroxyl groups excluding tert-OH is 1. The molecule has 6 nitrogen and oxygen atoms in total. The lowest BCUT2D eigenvalue weighted by molar-refractivity contribution is -0.151. The molecule has 0 aliphatic carbocycles. The summed E-state index contributed by atoms with van der Waals surface area (Å²) in [6.07, 6.45) is 16.5. The van der Waals surface area contributed by atoms with E-state index < -0.39 is 12.1 Å². The van der Waals surface area contributed by atoms with Crippen LogP contribution in [-0.4, -0.2) is 42.1 Å². The third-order valence-electron chi connectivity index (χ3n) is 4.22. The van der Waals surface area contributed by atoms with Gasteiger partial charge < -0.3 is 14.6 Å². The number of esters is 2. The second kappa shape index (κ2) is 19.4. The molecule has 0 aromatic rings. The lowest BCUT2D eigenvalue weighted by Gasteiger charge is -2.11. The van der Waals surface area contributed by atoms with Crippen LogP contribution in [0.15, 0.2) is 24.3 Å². The van der Waals surface area contributed by atoms with Crippen LogP contribution in [0.2, 0.25) is 0 Å². The monoisotopic (exact) mass is 410 g/mol. The molecule has 0 saturated heterocycles. The number of aliphatic hydroxyl groups is 1. The van der Waals surface area contributed by atoms with Crippen molar-refractivity contribution in [3.05, 3.63) is 24.3 Å². The fraction of sp³-hybridized carbons (Fsp3) is 0.696. The molecule has 6 heteroatoms. The van der Waals surface area contributed by atoms with Crippen molar-refractivity contribution in [2.24, 2.45) is 0 Å². The van der Waals surface area contributed by atoms with Crippen LogP contribution in [0.3, 0.4) is 0 Å². The van der Waals surface area contributed by atoms with E-state index in [1.165, 1.54) is 26.2 Å². The highest BCUT2D eigenvalue weighted by Gasteiger charge is 2.10. The Labute approximate surface area is 175 Å². The highest BCUT2D eigenvalue weighted by atomic mass is 16.6. The van der Waals surface area contributed by atoms with Gasteiger partial charge in [-0.05, 0) is 31.8 Å². The second-order valence-corrected chi connectivity index (χ2v) is 7.16. The molecule has 0 aliphatic heterocycles. The Bertz CT molecular complexity index is 509. The van der Waals surface area contributed by atoms with Crippen molar-refractivity contribution < 1.29 is 29.0 Å². The van der Waals surface area contributed by atoms with E-state index in [9.17, 15) is 19.5 Å². The van der Waals surface area contributed by atoms with Crippen LogP contribution < -0.4 is 0 Å². The number of ether oxygens (including phenoxy) is 2. The minimum Gasteiger partial charge on any atom is -0.463 e. The molecule has 0 aliphatic rings. The van der Waals surface area contributed by atoms with Gasteiger partial charge in [-0.15, -0.1) is 0 Å². The minimum atomic E-state index is -0.994. The third kappa shape index (κ3) is 20.6. The number of carbonyl (C=O) groups is 3. The van der Waals surface area contributed by atoms with Gasteiger partial charge in [0.2, 0.25) is 0 Å². The molecule has 0 heterocycles. The molecular weight excluding hydrogens is 372 g/mol. The number of carbonyl (C=O) groups excluding carboxylic acids is 3. The number of hydrogen-bond acceptors (Lipinski definition) is 6. The number of rotatable bonds is 18. The van der Waals surface area contributed by atoms with Crippen LogP contribution in [0.1, 0.15) is 84.5 Å². The Balaban J connectivity index is 3.54. The Hall–Kier alpha value is -1.95. The van der Waals surface area contributed by atoms with E-state index in [2.05, 4.69) is 17.7 Å². The van der Waals surface area contributed by atoms with Crippen LogP contribution in [0.25, 0.3) is 0 Å². The van der Waals surface area contributed by atoms with Crippen LogP contribution in [0.4, 0.5) is 0 Å². The second-order valence-electron chi connectivity index (χ2n) is 7.16. The zero-order valence-corrected chi connectivity index (χ0v) is 18.1. The van der Waals surface area contributed by atoms with Crippen molar-refractivity contribution in [1.29, 1.82) is 0 Å². The largest absolute Gasteiger partial charge is 0.463 e. The first-order chi connectivity index (χ1) is 14.0. The lowest BCUT2D eigenvalue weighted by atomic mass is 10.1. The Morgan fingerprint density at radius 1 is 0.862 bits per heavy atom. The SMILES string of the molecule is CCCCC/C=C\C=C\C(=O)CCCCCCCC(=O)OC[C@H](O)COC(C)=O. The predicted molar refractivity (Wildman–Crippen MR) is 113 cm³/mol. The molecule has 0 amide bonds. The summed E-state index contributed by atoms with van der Waals surface area (Å²) in [7, 11) is 0. The lowest BCUT2D eigenvalue weighted by Crippen LogP contribution is -2.24. The molecule has 0 spiro atoms. The first kappa shape index (κ1) is 27.0. The molecule has 1 atom stereocenters. The summed E-state index contributed by atoms with van der Waals surface area (Å²) in [6.45, 7) is 3.08. The van der Waals surface area contributed by atoms with Crippen LogP contribution >= 0.6 is 0 Å². The average molecular weight is 411 g/mol. The Morgan fingerprint density at radius 3 is 2.21 bits per heavy atom. The molecule has 0 radical (unpaired) electrons. The summed E-state index contributed by atoms with van der Waals surface area (Å²) >= 11 is 0. The van der Waals surface area contributed by atoms with Gasteiger partial charge in [-0.2, -0.15) is 0 Å². The normalized spacial score (nSPS) is 12.4. The Kier molecular flexibility index (Phi) is 18.1. The van der Waals surface area contributed by atoms with E-state index in [4.69, 9.17) is 4.74 Å². The summed E-state index contributed by atoms with van der Waals surface area (Å²) in [5.41, 5.74) is 0. The van der Waals surface area contributed by atoms with Crippen molar-refractivity contribution in [1.82, 2.24) is 0 Å². The number of unbranched alkanes of at least 4 members (excludes halogenated alkanes) is 7. The first-order valence-corrected chi connectivity index (χ1v) is 10.8. The summed E-state index contributed by atoms with van der Waals surface area (Å²) in [6, 6.07) is 0. The van der Waals surface area contributed by atoms with E-state index in [-0.39, 0.29) is 25.0 Å². The zero-order valence-electron chi connectivity index (χ0n) is 18.1. The molecule has 0 aromatic heterocycles. The summed E-state index contributed by atoms with van der Waals surface area (Å²) in [5.74, 6) is -0.697. The van der Waals surface area contributed by atoms with Crippen molar-refractivity contribution in [3.63, 3.8) is 0 Å². The van der Waals surface area contributed by atoms with Crippen LogP contribution in [-0.2, 0) is 23.9 Å². The summed E-state index contributed by atoms with van der Waals surface area (Å²) in [5, 5.41) is 9.48. The molecule has 29 heavy (non-hydrogen) atoms. The van der Waals surface area contributed by atoms with Gasteiger partial charge in [0, 0.05) is 19.8 Å². The van der Waals surface area contributed by atoms with E-state index in [0.717, 1.165) is 38.5 Å². The highest BCUT2D eigenvalue weighted by molar-refractivity contribution is 5.89. The fourth-order valence-corrected chi connectivity index (χ4v) is 2.56. The molecule has 1 N–H and O–H groups in total. The van der Waals surface area contributed by atoms with Crippen molar-refractivity contribution in [3.8, 4) is 0 Å². The van der Waals surface area contributed by atoms with Gasteiger partial charge in [0.25, 0.3) is 0 Å². The van der Waals surface area contributed by atoms with Gasteiger partial charge >= 0.3 is 11.9 Å². The van der Waals surface area contributed by atoms with Crippen molar-refractivity contribution >= 4 is 17.7 Å². The number of hydrogen-bond donors (Lipinski definition) is 1. The maximum absolute atomic E-state index is 11.7. The number of ketones is 1. The number of allylic oxidation sites excluding steroid dienone is 4. The van der Waals surface area contributed by atoms with Crippen LogP contribution in [0.5, 0.6) is 0 Å². The van der Waals surface area contributed by atoms with Gasteiger partial charge in [0.1, 0.15) is 19.3 Å². The van der Waals surface area contributed by atoms with Gasteiger partial charge in [0.05, 0.1) is 0 Å². The van der Waals surface area contributed by atoms with Crippen LogP contribution in [0, 0.1) is 0 Å². The third-order valence-corrected chi connectivity index (χ3v) is 4.22. The molecule has 0 saturated carbocycles. The highest BCUT2D eigenvalue weighted by Crippen LogP contribution is 2.09. The summed E-state index contributed by atoms with van der Waals surface area (Å²) in [4.78, 5) is 33.9. The van der Waals surface area contributed by atoms with Crippen molar-refractivity contribution in [2.45, 2.75) is 90.6 Å². The topological polar surface area (TPSA) is 89.9 Å². The van der Waals surface area contributed by atoms with Gasteiger partial charge in [-0.25, -0.2) is 0 Å². The molecule has 0 fully saturated rings. The van der Waals surface area contributed by atoms with E-state index in [1.807, 2.05) is 12.2 Å². The molecule has 0 unspecified atom stereocenters. The fourth-order valence-electron chi connectivity index (χ4n) is 2.56. The van der Waals surface area contributed by atoms with Gasteiger partial charge in [-0.3, -0.25) is 14.4 Å². The van der Waals surface area contributed by atoms with Gasteiger partial charge in [-0.1, -0.05) is 57.3 Å². The molecule has 0 rings (SSSR count).